The average molecular weight is 497 g/mol. The summed E-state index contributed by atoms with van der Waals surface area (Å²) in [5.74, 6) is -1.02. The summed E-state index contributed by atoms with van der Waals surface area (Å²) >= 11 is 5.91. The molecule has 3 aromatic heterocycles. The van der Waals surface area contributed by atoms with Crippen molar-refractivity contribution in [3.8, 4) is 0 Å². The Bertz CT molecular complexity index is 1540. The van der Waals surface area contributed by atoms with E-state index in [2.05, 4.69) is 15.3 Å². The van der Waals surface area contributed by atoms with Crippen molar-refractivity contribution < 1.29 is 14.0 Å². The molecule has 1 fully saturated rings. The molecule has 1 saturated heterocycles. The number of aryl methyl sites for hydroxylation is 1. The molecular formula is C24H22ClFN6O3. The highest BCUT2D eigenvalue weighted by Crippen LogP contribution is 2.26. The van der Waals surface area contributed by atoms with Crippen LogP contribution in [0.4, 0.5) is 4.39 Å². The van der Waals surface area contributed by atoms with Gasteiger partial charge < -0.3 is 14.8 Å². The van der Waals surface area contributed by atoms with Gasteiger partial charge in [-0.1, -0.05) is 23.7 Å². The van der Waals surface area contributed by atoms with E-state index in [0.717, 1.165) is 10.1 Å². The number of hydrogen-bond acceptors (Lipinski definition) is 5. The summed E-state index contributed by atoms with van der Waals surface area (Å²) in [6.07, 6.45) is 3.17. The second-order valence-electron chi connectivity index (χ2n) is 9.01. The SMILES string of the molecule is Cn1cnc2c3cc(C(=O)NCc4ccc(Cl)cc4)c(=O)n(CC(=O)N4CC(C)(F)C4)c3ncc21. The van der Waals surface area contributed by atoms with Crippen LogP contribution in [0.25, 0.3) is 22.1 Å². The highest BCUT2D eigenvalue weighted by atomic mass is 35.5. The lowest BCUT2D eigenvalue weighted by Gasteiger charge is -2.42. The maximum absolute atomic E-state index is 13.9. The largest absolute Gasteiger partial charge is 0.348 e. The first-order valence-electron chi connectivity index (χ1n) is 11.0. The summed E-state index contributed by atoms with van der Waals surface area (Å²) in [7, 11) is 1.81. The lowest BCUT2D eigenvalue weighted by molar-refractivity contribution is -0.144. The van der Waals surface area contributed by atoms with Gasteiger partial charge in [0.1, 0.15) is 28.9 Å². The van der Waals surface area contributed by atoms with Crippen LogP contribution in [0.3, 0.4) is 0 Å². The van der Waals surface area contributed by atoms with Crippen LogP contribution in [-0.2, 0) is 24.9 Å². The van der Waals surface area contributed by atoms with Gasteiger partial charge >= 0.3 is 0 Å². The fourth-order valence-corrected chi connectivity index (χ4v) is 4.37. The van der Waals surface area contributed by atoms with Gasteiger partial charge in [-0.2, -0.15) is 0 Å². The number of aromatic nitrogens is 4. The number of rotatable bonds is 5. The number of halogens is 2. The Labute approximate surface area is 204 Å². The van der Waals surface area contributed by atoms with Crippen LogP contribution in [0, 0.1) is 0 Å². The molecule has 0 atom stereocenters. The number of pyridine rings is 2. The van der Waals surface area contributed by atoms with Gasteiger partial charge in [-0.25, -0.2) is 14.4 Å². The molecule has 1 aromatic carbocycles. The normalized spacial score (nSPS) is 14.8. The van der Waals surface area contributed by atoms with E-state index < -0.39 is 23.0 Å². The summed E-state index contributed by atoms with van der Waals surface area (Å²) < 4.78 is 16.9. The second-order valence-corrected chi connectivity index (χ2v) is 9.44. The molecule has 1 aliphatic heterocycles. The molecule has 5 rings (SSSR count). The van der Waals surface area contributed by atoms with Crippen LogP contribution in [0.1, 0.15) is 22.8 Å². The summed E-state index contributed by atoms with van der Waals surface area (Å²) in [6.45, 7) is 1.15. The molecule has 180 valence electrons. The predicted octanol–water partition coefficient (Wildman–Crippen LogP) is 2.44. The van der Waals surface area contributed by atoms with Crippen molar-refractivity contribution in [1.82, 2.24) is 29.3 Å². The van der Waals surface area contributed by atoms with Crippen molar-refractivity contribution in [2.75, 3.05) is 13.1 Å². The third-order valence-electron chi connectivity index (χ3n) is 6.11. The Kier molecular flexibility index (Phi) is 5.55. The quantitative estimate of drug-likeness (QED) is 0.457. The Morgan fingerprint density at radius 2 is 1.91 bits per heavy atom. The van der Waals surface area contributed by atoms with Crippen molar-refractivity contribution in [1.29, 1.82) is 0 Å². The molecule has 0 aliphatic carbocycles. The van der Waals surface area contributed by atoms with E-state index in [1.165, 1.54) is 17.9 Å². The molecule has 0 spiro atoms. The van der Waals surface area contributed by atoms with Crippen LogP contribution in [0.15, 0.2) is 47.7 Å². The first-order valence-corrected chi connectivity index (χ1v) is 11.3. The number of amides is 2. The molecular weight excluding hydrogens is 475 g/mol. The fourth-order valence-electron chi connectivity index (χ4n) is 4.24. The summed E-state index contributed by atoms with van der Waals surface area (Å²) in [5, 5.41) is 3.78. The number of hydrogen-bond donors (Lipinski definition) is 1. The third-order valence-corrected chi connectivity index (χ3v) is 6.36. The molecule has 9 nitrogen and oxygen atoms in total. The molecule has 1 N–H and O–H groups in total. The molecule has 0 saturated carbocycles. The van der Waals surface area contributed by atoms with E-state index in [1.807, 2.05) is 0 Å². The highest BCUT2D eigenvalue weighted by Gasteiger charge is 2.41. The maximum Gasteiger partial charge on any atom is 0.265 e. The molecule has 0 radical (unpaired) electrons. The monoisotopic (exact) mass is 496 g/mol. The Hall–Kier alpha value is -3.79. The summed E-state index contributed by atoms with van der Waals surface area (Å²) in [5.41, 5.74) is 0.0455. The standard InChI is InChI=1S/C24H22ClFN6O3/c1-24(26)11-31(12-24)19(33)10-32-21-16(20-18(9-27-21)30(2)13-29-20)7-17(23(32)35)22(34)28-8-14-3-5-15(25)6-4-14/h3-7,9,13H,8,10-12H2,1-2H3,(H,28,34). The van der Waals surface area contributed by atoms with Gasteiger partial charge in [0, 0.05) is 24.0 Å². The van der Waals surface area contributed by atoms with Gasteiger partial charge in [-0.15, -0.1) is 0 Å². The minimum absolute atomic E-state index is 0.0439. The number of benzene rings is 1. The number of alkyl halides is 1. The summed E-state index contributed by atoms with van der Waals surface area (Å²) in [4.78, 5) is 49.4. The van der Waals surface area contributed by atoms with Crippen LogP contribution >= 0.6 is 11.6 Å². The zero-order valence-electron chi connectivity index (χ0n) is 19.1. The average Bonchev–Trinajstić information content (AvgIpc) is 3.19. The van der Waals surface area contributed by atoms with Crippen LogP contribution in [-0.4, -0.2) is 54.6 Å². The molecule has 2 amide bonds. The lowest BCUT2D eigenvalue weighted by atomic mass is 9.99. The molecule has 4 heterocycles. The number of carbonyl (C=O) groups is 2. The predicted molar refractivity (Wildman–Crippen MR) is 129 cm³/mol. The van der Waals surface area contributed by atoms with Crippen molar-refractivity contribution in [3.05, 3.63) is 69.4 Å². The number of fused-ring (bicyclic) bond motifs is 3. The van der Waals surface area contributed by atoms with Crippen LogP contribution in [0.2, 0.25) is 5.02 Å². The molecule has 35 heavy (non-hydrogen) atoms. The third kappa shape index (κ3) is 4.25. The van der Waals surface area contributed by atoms with E-state index in [4.69, 9.17) is 11.6 Å². The van der Waals surface area contributed by atoms with Gasteiger partial charge in [0.15, 0.2) is 0 Å². The highest BCUT2D eigenvalue weighted by molar-refractivity contribution is 6.30. The van der Waals surface area contributed by atoms with Gasteiger partial charge in [0.05, 0.1) is 31.1 Å². The van der Waals surface area contributed by atoms with Crippen molar-refractivity contribution in [2.24, 2.45) is 7.05 Å². The van der Waals surface area contributed by atoms with E-state index >= 15 is 0 Å². The second kappa shape index (κ2) is 8.46. The van der Waals surface area contributed by atoms with Crippen molar-refractivity contribution in [2.45, 2.75) is 25.7 Å². The number of nitrogens with one attached hydrogen (secondary N) is 1. The van der Waals surface area contributed by atoms with E-state index in [0.29, 0.717) is 21.4 Å². The molecule has 11 heteroatoms. The molecule has 1 aliphatic rings. The number of carbonyl (C=O) groups excluding carboxylic acids is 2. The number of likely N-dealkylation sites (tertiary alicyclic amines) is 1. The first kappa shape index (κ1) is 23.0. The molecule has 0 bridgehead atoms. The number of nitrogens with zero attached hydrogens (tertiary/aromatic N) is 5. The minimum atomic E-state index is -1.44. The Morgan fingerprint density at radius 1 is 1.20 bits per heavy atom. The van der Waals surface area contributed by atoms with Gasteiger partial charge in [-0.3, -0.25) is 19.0 Å². The smallest absolute Gasteiger partial charge is 0.265 e. The first-order chi connectivity index (χ1) is 16.6. The van der Waals surface area contributed by atoms with Crippen molar-refractivity contribution >= 4 is 45.5 Å². The fraction of sp³-hybridized carbons (Fsp3) is 0.292. The molecule has 0 unspecified atom stereocenters. The van der Waals surface area contributed by atoms with Crippen LogP contribution < -0.4 is 10.9 Å². The van der Waals surface area contributed by atoms with Gasteiger partial charge in [0.2, 0.25) is 5.91 Å². The zero-order valence-corrected chi connectivity index (χ0v) is 19.8. The zero-order chi connectivity index (χ0) is 24.9. The topological polar surface area (TPSA) is 102 Å². The van der Waals surface area contributed by atoms with Gasteiger partial charge in [0.25, 0.3) is 11.5 Å². The van der Waals surface area contributed by atoms with E-state index in [1.54, 1.807) is 48.4 Å². The van der Waals surface area contributed by atoms with Gasteiger partial charge in [-0.05, 0) is 30.7 Å². The van der Waals surface area contributed by atoms with E-state index in [9.17, 15) is 18.8 Å². The number of imidazole rings is 1. The Morgan fingerprint density at radius 3 is 2.60 bits per heavy atom. The summed E-state index contributed by atoms with van der Waals surface area (Å²) in [6, 6.07) is 8.42. The molecule has 4 aromatic rings. The maximum atomic E-state index is 13.9. The van der Waals surface area contributed by atoms with Crippen LogP contribution in [0.5, 0.6) is 0 Å². The Balaban J connectivity index is 1.55. The van der Waals surface area contributed by atoms with E-state index in [-0.39, 0.29) is 37.4 Å². The lowest BCUT2D eigenvalue weighted by Crippen LogP contribution is -2.60. The minimum Gasteiger partial charge on any atom is -0.348 e. The van der Waals surface area contributed by atoms with Crippen molar-refractivity contribution in [3.63, 3.8) is 0 Å².